The Morgan fingerprint density at radius 3 is 2.30 bits per heavy atom. The first-order valence-electron chi connectivity index (χ1n) is 11.0. The topological polar surface area (TPSA) is 62.6 Å². The van der Waals surface area contributed by atoms with E-state index in [1.807, 2.05) is 9.47 Å². The van der Waals surface area contributed by atoms with Gasteiger partial charge in [0.05, 0.1) is 26.3 Å². The molecule has 3 heterocycles. The first-order chi connectivity index (χ1) is 16.1. The van der Waals surface area contributed by atoms with E-state index < -0.39 is 0 Å². The standard InChI is InChI=1S/C24H25F2N5O2/c25-18-3-1-17(2-4-18)23-24(27-20-7-5-19(26)6-8-20)31-10-9-30(15-21(31)28-23)22(32)16-29-11-13-33-14-12-29/h1-8,27H,9-16H2. The number of fused-ring (bicyclic) bond motifs is 1. The molecule has 1 fully saturated rings. The number of hydrogen-bond acceptors (Lipinski definition) is 5. The molecule has 2 aliphatic heterocycles. The number of carbonyl (C=O) groups excluding carboxylic acids is 1. The summed E-state index contributed by atoms with van der Waals surface area (Å²) >= 11 is 0. The SMILES string of the molecule is O=C(CN1CCOCC1)N1CCn2c(nc(-c3ccc(F)cc3)c2Nc2ccc(F)cc2)C1. The van der Waals surface area contributed by atoms with Crippen molar-refractivity contribution < 1.29 is 18.3 Å². The monoisotopic (exact) mass is 453 g/mol. The number of benzene rings is 2. The highest BCUT2D eigenvalue weighted by Crippen LogP contribution is 2.33. The summed E-state index contributed by atoms with van der Waals surface area (Å²) in [5.41, 5.74) is 2.14. The van der Waals surface area contributed by atoms with Crippen molar-refractivity contribution in [3.05, 3.63) is 66.0 Å². The molecule has 172 valence electrons. The summed E-state index contributed by atoms with van der Waals surface area (Å²) < 4.78 is 34.3. The summed E-state index contributed by atoms with van der Waals surface area (Å²) in [4.78, 5) is 21.7. The average molecular weight is 453 g/mol. The summed E-state index contributed by atoms with van der Waals surface area (Å²) in [5.74, 6) is 0.922. The van der Waals surface area contributed by atoms with Gasteiger partial charge in [0.25, 0.3) is 0 Å². The van der Waals surface area contributed by atoms with Gasteiger partial charge in [0.1, 0.15) is 29.0 Å². The van der Waals surface area contributed by atoms with Crippen LogP contribution in [0.3, 0.4) is 0 Å². The number of carbonyl (C=O) groups is 1. The Bertz CT molecular complexity index is 1130. The van der Waals surface area contributed by atoms with Gasteiger partial charge >= 0.3 is 0 Å². The Morgan fingerprint density at radius 2 is 1.61 bits per heavy atom. The Labute approximate surface area is 190 Å². The largest absolute Gasteiger partial charge is 0.379 e. The first kappa shape index (κ1) is 21.5. The van der Waals surface area contributed by atoms with Crippen molar-refractivity contribution >= 4 is 17.4 Å². The maximum atomic E-state index is 13.5. The van der Waals surface area contributed by atoms with Crippen LogP contribution in [0.4, 0.5) is 20.3 Å². The summed E-state index contributed by atoms with van der Waals surface area (Å²) in [7, 11) is 0. The van der Waals surface area contributed by atoms with Gasteiger partial charge in [0, 0.05) is 37.4 Å². The maximum absolute atomic E-state index is 13.5. The Kier molecular flexibility index (Phi) is 6.06. The number of hydrogen-bond donors (Lipinski definition) is 1. The second-order valence-electron chi connectivity index (χ2n) is 8.22. The van der Waals surface area contributed by atoms with Gasteiger partial charge < -0.3 is 19.5 Å². The van der Waals surface area contributed by atoms with Gasteiger partial charge in [-0.15, -0.1) is 0 Å². The number of halogens is 2. The van der Waals surface area contributed by atoms with E-state index in [0.717, 1.165) is 30.3 Å². The van der Waals surface area contributed by atoms with Gasteiger partial charge in [-0.25, -0.2) is 13.8 Å². The van der Waals surface area contributed by atoms with E-state index in [4.69, 9.17) is 9.72 Å². The highest BCUT2D eigenvalue weighted by Gasteiger charge is 2.28. The zero-order valence-corrected chi connectivity index (χ0v) is 18.1. The predicted molar refractivity (Wildman–Crippen MR) is 120 cm³/mol. The molecule has 0 bridgehead atoms. The minimum absolute atomic E-state index is 0.0718. The molecule has 1 amide bonds. The number of nitrogens with zero attached hydrogens (tertiary/aromatic N) is 4. The summed E-state index contributed by atoms with van der Waals surface area (Å²) in [5, 5.41) is 3.35. The van der Waals surface area contributed by atoms with Gasteiger partial charge in [-0.05, 0) is 48.5 Å². The minimum Gasteiger partial charge on any atom is -0.379 e. The molecule has 0 atom stereocenters. The number of morpholine rings is 1. The summed E-state index contributed by atoms with van der Waals surface area (Å²) in [6, 6.07) is 12.2. The van der Waals surface area contributed by atoms with Gasteiger partial charge in [0.2, 0.25) is 5.91 Å². The van der Waals surface area contributed by atoms with Crippen LogP contribution in [-0.4, -0.2) is 64.7 Å². The molecule has 1 saturated heterocycles. The van der Waals surface area contributed by atoms with Gasteiger partial charge in [-0.3, -0.25) is 9.69 Å². The first-order valence-corrected chi connectivity index (χ1v) is 11.0. The van der Waals surface area contributed by atoms with Crippen LogP contribution in [-0.2, 0) is 22.6 Å². The molecule has 1 aromatic heterocycles. The van der Waals surface area contributed by atoms with E-state index >= 15 is 0 Å². The third-order valence-electron chi connectivity index (χ3n) is 6.01. The van der Waals surface area contributed by atoms with Crippen molar-refractivity contribution in [3.63, 3.8) is 0 Å². The fourth-order valence-corrected chi connectivity index (χ4v) is 4.20. The number of rotatable bonds is 5. The summed E-state index contributed by atoms with van der Waals surface area (Å²) in [6.45, 7) is 4.71. The van der Waals surface area contributed by atoms with Crippen LogP contribution >= 0.6 is 0 Å². The number of ether oxygens (including phenoxy) is 1. The third kappa shape index (κ3) is 4.74. The van der Waals surface area contributed by atoms with E-state index in [-0.39, 0.29) is 17.5 Å². The zero-order chi connectivity index (χ0) is 22.8. The molecule has 33 heavy (non-hydrogen) atoms. The fourth-order valence-electron chi connectivity index (χ4n) is 4.20. The Balaban J connectivity index is 1.42. The second kappa shape index (κ2) is 9.29. The van der Waals surface area contributed by atoms with Crippen LogP contribution in [0.5, 0.6) is 0 Å². The highest BCUT2D eigenvalue weighted by molar-refractivity contribution is 5.79. The molecule has 0 spiro atoms. The lowest BCUT2D eigenvalue weighted by atomic mass is 10.1. The number of anilines is 2. The van der Waals surface area contributed by atoms with Gasteiger partial charge in [0.15, 0.2) is 0 Å². The predicted octanol–water partition coefficient (Wildman–Crippen LogP) is 3.25. The lowest BCUT2D eigenvalue weighted by Gasteiger charge is -2.32. The van der Waals surface area contributed by atoms with Crippen LogP contribution in [0.15, 0.2) is 48.5 Å². The molecule has 0 saturated carbocycles. The van der Waals surface area contributed by atoms with E-state index in [1.165, 1.54) is 24.3 Å². The third-order valence-corrected chi connectivity index (χ3v) is 6.01. The normalized spacial score (nSPS) is 16.5. The average Bonchev–Trinajstić information content (AvgIpc) is 3.19. The van der Waals surface area contributed by atoms with E-state index in [2.05, 4.69) is 10.2 Å². The van der Waals surface area contributed by atoms with Crippen LogP contribution < -0.4 is 5.32 Å². The molecular weight excluding hydrogens is 428 g/mol. The fraction of sp³-hybridized carbons (Fsp3) is 0.333. The van der Waals surface area contributed by atoms with Crippen LogP contribution in [0.25, 0.3) is 11.3 Å². The van der Waals surface area contributed by atoms with Crippen LogP contribution in [0.1, 0.15) is 5.82 Å². The number of aromatic nitrogens is 2. The number of amides is 1. The highest BCUT2D eigenvalue weighted by atomic mass is 19.1. The quantitative estimate of drug-likeness (QED) is 0.643. The van der Waals surface area contributed by atoms with Gasteiger partial charge in [-0.1, -0.05) is 0 Å². The zero-order valence-electron chi connectivity index (χ0n) is 18.1. The number of nitrogens with one attached hydrogen (secondary N) is 1. The minimum atomic E-state index is -0.323. The van der Waals surface area contributed by atoms with E-state index in [0.29, 0.717) is 50.8 Å². The maximum Gasteiger partial charge on any atom is 0.237 e. The molecule has 2 aromatic carbocycles. The molecular formula is C24H25F2N5O2. The van der Waals surface area contributed by atoms with Crippen molar-refractivity contribution in [1.29, 1.82) is 0 Å². The lowest BCUT2D eigenvalue weighted by Crippen LogP contribution is -2.46. The Hall–Kier alpha value is -3.30. The van der Waals surface area contributed by atoms with Crippen LogP contribution in [0, 0.1) is 11.6 Å². The summed E-state index contributed by atoms with van der Waals surface area (Å²) in [6.07, 6.45) is 0. The van der Waals surface area contributed by atoms with Crippen molar-refractivity contribution in [3.8, 4) is 11.3 Å². The molecule has 5 rings (SSSR count). The van der Waals surface area contributed by atoms with Crippen LogP contribution in [0.2, 0.25) is 0 Å². The number of imidazole rings is 1. The molecule has 0 unspecified atom stereocenters. The van der Waals surface area contributed by atoms with E-state index in [1.54, 1.807) is 24.3 Å². The van der Waals surface area contributed by atoms with Crippen molar-refractivity contribution in [2.24, 2.45) is 0 Å². The van der Waals surface area contributed by atoms with E-state index in [9.17, 15) is 13.6 Å². The smallest absolute Gasteiger partial charge is 0.237 e. The van der Waals surface area contributed by atoms with Crippen molar-refractivity contribution in [1.82, 2.24) is 19.4 Å². The van der Waals surface area contributed by atoms with Gasteiger partial charge in [-0.2, -0.15) is 0 Å². The van der Waals surface area contributed by atoms with Crippen molar-refractivity contribution in [2.75, 3.05) is 44.7 Å². The molecule has 1 N–H and O–H groups in total. The van der Waals surface area contributed by atoms with Crippen molar-refractivity contribution in [2.45, 2.75) is 13.1 Å². The Morgan fingerprint density at radius 1 is 0.939 bits per heavy atom. The lowest BCUT2D eigenvalue weighted by molar-refractivity contribution is -0.134. The molecule has 7 nitrogen and oxygen atoms in total. The second-order valence-corrected chi connectivity index (χ2v) is 8.22. The molecule has 2 aliphatic rings. The molecule has 3 aromatic rings. The molecule has 0 radical (unpaired) electrons. The molecule has 9 heteroatoms. The molecule has 0 aliphatic carbocycles.